The minimum Gasteiger partial charge on any atom is -0.462 e. The first-order valence-electron chi connectivity index (χ1n) is 14.7. The van der Waals surface area contributed by atoms with E-state index in [1.165, 1.54) is 19.3 Å². The predicted octanol–water partition coefficient (Wildman–Crippen LogP) is 6.34. The lowest BCUT2D eigenvalue weighted by molar-refractivity contribution is -0.162. The number of nitrogens with one attached hydrogen (secondary N) is 1. The van der Waals surface area contributed by atoms with E-state index < -0.39 is 0 Å². The summed E-state index contributed by atoms with van der Waals surface area (Å²) in [7, 11) is 0. The maximum Gasteiger partial charge on any atom is 0.310 e. The first-order chi connectivity index (χ1) is 18.3. The molecule has 0 radical (unpaired) electrons. The van der Waals surface area contributed by atoms with E-state index in [4.69, 9.17) is 27.9 Å². The van der Waals surface area contributed by atoms with Gasteiger partial charge < -0.3 is 15.0 Å². The summed E-state index contributed by atoms with van der Waals surface area (Å²) in [6, 6.07) is 8.10. The van der Waals surface area contributed by atoms with Gasteiger partial charge in [-0.1, -0.05) is 19.1 Å². The lowest BCUT2D eigenvalue weighted by Crippen LogP contribution is -2.63. The van der Waals surface area contributed by atoms with E-state index in [2.05, 4.69) is 24.1 Å². The molecule has 210 valence electrons. The fourth-order valence-corrected chi connectivity index (χ4v) is 9.20. The second kappa shape index (κ2) is 11.6. The smallest absolute Gasteiger partial charge is 0.310 e. The zero-order valence-corrected chi connectivity index (χ0v) is 24.5. The molecule has 38 heavy (non-hydrogen) atoms. The van der Waals surface area contributed by atoms with Crippen molar-refractivity contribution in [1.82, 2.24) is 5.32 Å². The summed E-state index contributed by atoms with van der Waals surface area (Å²) in [5.74, 6) is 3.87. The van der Waals surface area contributed by atoms with Crippen molar-refractivity contribution in [2.75, 3.05) is 29.7 Å². The number of nitrogens with zero attached hydrogens (tertiary/aromatic N) is 1. The number of halogens is 2. The maximum atomic E-state index is 12.9. The Kier molecular flexibility index (Phi) is 8.55. The monoisotopic (exact) mass is 562 g/mol. The molecule has 3 saturated carbocycles. The number of fused-ring (bicyclic) bond motifs is 5. The average Bonchev–Trinajstić information content (AvgIpc) is 2.88. The molecule has 4 fully saturated rings. The number of esters is 1. The van der Waals surface area contributed by atoms with Crippen molar-refractivity contribution in [2.45, 2.75) is 89.7 Å². The van der Waals surface area contributed by atoms with Crippen molar-refractivity contribution in [2.24, 2.45) is 29.1 Å². The van der Waals surface area contributed by atoms with Crippen LogP contribution in [0, 0.1) is 29.1 Å². The lowest BCUT2D eigenvalue weighted by atomic mass is 9.45. The van der Waals surface area contributed by atoms with Crippen LogP contribution in [-0.4, -0.2) is 48.4 Å². The van der Waals surface area contributed by atoms with E-state index in [-0.39, 0.29) is 23.5 Å². The molecule has 1 N–H and O–H groups in total. The Labute approximate surface area is 238 Å². The van der Waals surface area contributed by atoms with Crippen molar-refractivity contribution in [1.29, 1.82) is 0 Å². The van der Waals surface area contributed by atoms with Crippen molar-refractivity contribution >= 4 is 40.8 Å². The van der Waals surface area contributed by atoms with Gasteiger partial charge >= 0.3 is 5.97 Å². The Bertz CT molecular complexity index is 997. The van der Waals surface area contributed by atoms with Gasteiger partial charge in [-0.25, -0.2) is 0 Å². The summed E-state index contributed by atoms with van der Waals surface area (Å²) >= 11 is 11.9. The molecule has 4 aliphatic rings. The van der Waals surface area contributed by atoms with Crippen LogP contribution in [0.3, 0.4) is 0 Å². The zero-order valence-electron chi connectivity index (χ0n) is 23.0. The molecule has 7 atom stereocenters. The van der Waals surface area contributed by atoms with Crippen LogP contribution in [-0.2, 0) is 20.7 Å². The summed E-state index contributed by atoms with van der Waals surface area (Å²) in [4.78, 5) is 27.2. The number of ether oxygens (including phenoxy) is 1. The second-order valence-corrected chi connectivity index (χ2v) is 13.6. The van der Waals surface area contributed by atoms with E-state index in [0.717, 1.165) is 62.4 Å². The van der Waals surface area contributed by atoms with Gasteiger partial charge in [-0.2, -0.15) is 0 Å². The standard InChI is InChI=1S/C31H44Cl2N2O3/c1-30-13-11-24(38-29(37)19-21-3-6-23(7-4-21)35(17-15-32)18-16-33)20-22(30)5-8-25-26(30)12-14-31(2)27(25)9-10-28(36)34-31/h3-4,6-7,22,24-27H,5,8-20H2,1-2H3,(H,34,36)/t22?,24-,25+,26?,27?,30-,31-/m0/s1. The molecule has 0 aromatic heterocycles. The number of hydrogen-bond donors (Lipinski definition) is 1. The summed E-state index contributed by atoms with van der Waals surface area (Å²) in [6.07, 6.45) is 9.93. The summed E-state index contributed by atoms with van der Waals surface area (Å²) < 4.78 is 6.06. The molecule has 5 nitrogen and oxygen atoms in total. The largest absolute Gasteiger partial charge is 0.462 e. The van der Waals surface area contributed by atoms with Gasteiger partial charge in [0.1, 0.15) is 6.10 Å². The van der Waals surface area contributed by atoms with Crippen LogP contribution in [0.4, 0.5) is 5.69 Å². The fraction of sp³-hybridized carbons (Fsp3) is 0.742. The molecule has 1 aromatic carbocycles. The van der Waals surface area contributed by atoms with Crippen molar-refractivity contribution in [3.63, 3.8) is 0 Å². The van der Waals surface area contributed by atoms with Crippen LogP contribution >= 0.6 is 23.2 Å². The molecule has 5 rings (SSSR count). The number of carbonyl (C=O) groups excluding carboxylic acids is 2. The third-order valence-electron chi connectivity index (χ3n) is 10.8. The average molecular weight is 564 g/mol. The van der Waals surface area contributed by atoms with Crippen LogP contribution in [0.2, 0.25) is 0 Å². The third kappa shape index (κ3) is 5.57. The molecule has 1 saturated heterocycles. The Balaban J connectivity index is 1.16. The number of rotatable bonds is 8. The molecule has 1 aromatic rings. The molecule has 0 bridgehead atoms. The summed E-state index contributed by atoms with van der Waals surface area (Å²) in [5, 5.41) is 3.37. The highest BCUT2D eigenvalue weighted by molar-refractivity contribution is 6.18. The number of amides is 1. The molecule has 3 aliphatic carbocycles. The quantitative estimate of drug-likeness (QED) is 0.297. The Morgan fingerprint density at radius 2 is 1.74 bits per heavy atom. The molecule has 1 amide bonds. The van der Waals surface area contributed by atoms with Gasteiger partial charge in [-0.05, 0) is 105 Å². The van der Waals surface area contributed by atoms with Gasteiger partial charge in [-0.3, -0.25) is 9.59 Å². The molecule has 1 aliphatic heterocycles. The number of alkyl halides is 2. The van der Waals surface area contributed by atoms with Crippen molar-refractivity contribution in [3.8, 4) is 0 Å². The van der Waals surface area contributed by atoms with Crippen molar-refractivity contribution in [3.05, 3.63) is 29.8 Å². The lowest BCUT2D eigenvalue weighted by Gasteiger charge is -2.62. The van der Waals surface area contributed by atoms with E-state index in [1.807, 2.05) is 24.3 Å². The number of piperidine rings is 1. The van der Waals surface area contributed by atoms with Crippen LogP contribution < -0.4 is 10.2 Å². The first-order valence-corrected chi connectivity index (χ1v) is 15.8. The summed E-state index contributed by atoms with van der Waals surface area (Å²) in [6.45, 7) is 6.31. The predicted molar refractivity (Wildman–Crippen MR) is 154 cm³/mol. The summed E-state index contributed by atoms with van der Waals surface area (Å²) in [5.41, 5.74) is 2.35. The van der Waals surface area contributed by atoms with Gasteiger partial charge in [0, 0.05) is 42.5 Å². The minimum absolute atomic E-state index is 0.0167. The molecule has 0 spiro atoms. The Morgan fingerprint density at radius 3 is 2.45 bits per heavy atom. The number of carbonyl (C=O) groups is 2. The Morgan fingerprint density at radius 1 is 1.00 bits per heavy atom. The normalized spacial score (nSPS) is 36.3. The Hall–Kier alpha value is -1.46. The van der Waals surface area contributed by atoms with Gasteiger partial charge in [0.2, 0.25) is 5.91 Å². The van der Waals surface area contributed by atoms with E-state index >= 15 is 0 Å². The van der Waals surface area contributed by atoms with Crippen LogP contribution in [0.25, 0.3) is 0 Å². The van der Waals surface area contributed by atoms with Crippen LogP contribution in [0.1, 0.15) is 77.2 Å². The SMILES string of the molecule is C[C@]12CC[C@H](OC(=O)Cc3ccc(N(CCCl)CCCl)cc3)CC1CC[C@@H]1C2CC[C@]2(C)NC(=O)CCC12. The molecule has 1 heterocycles. The van der Waals surface area contributed by atoms with Crippen molar-refractivity contribution < 1.29 is 14.3 Å². The molecular weight excluding hydrogens is 519 g/mol. The van der Waals surface area contributed by atoms with E-state index in [0.29, 0.717) is 47.8 Å². The zero-order chi connectivity index (χ0) is 26.9. The molecular formula is C31H44Cl2N2O3. The van der Waals surface area contributed by atoms with Gasteiger partial charge in [0.15, 0.2) is 0 Å². The van der Waals surface area contributed by atoms with Crippen LogP contribution in [0.5, 0.6) is 0 Å². The van der Waals surface area contributed by atoms with E-state index in [1.54, 1.807) is 0 Å². The maximum absolute atomic E-state index is 12.9. The highest BCUT2D eigenvalue weighted by Gasteiger charge is 2.58. The number of benzene rings is 1. The minimum atomic E-state index is -0.121. The molecule has 7 heteroatoms. The number of anilines is 1. The fourth-order valence-electron chi connectivity index (χ4n) is 8.79. The highest BCUT2D eigenvalue weighted by Crippen LogP contribution is 2.62. The van der Waals surface area contributed by atoms with Gasteiger partial charge in [0.05, 0.1) is 6.42 Å². The second-order valence-electron chi connectivity index (χ2n) is 12.8. The van der Waals surface area contributed by atoms with Gasteiger partial charge in [0.25, 0.3) is 0 Å². The molecule has 3 unspecified atom stereocenters. The first kappa shape index (κ1) is 28.1. The van der Waals surface area contributed by atoms with E-state index in [9.17, 15) is 9.59 Å². The van der Waals surface area contributed by atoms with Crippen LogP contribution in [0.15, 0.2) is 24.3 Å². The third-order valence-corrected chi connectivity index (χ3v) is 11.1. The number of hydrogen-bond acceptors (Lipinski definition) is 4. The van der Waals surface area contributed by atoms with Gasteiger partial charge in [-0.15, -0.1) is 23.2 Å². The highest BCUT2D eigenvalue weighted by atomic mass is 35.5. The topological polar surface area (TPSA) is 58.6 Å².